The molecule has 0 bridgehead atoms. The van der Waals surface area contributed by atoms with Crippen LogP contribution in [-0.4, -0.2) is 45.4 Å². The fraction of sp³-hybridized carbons (Fsp3) is 0.250. The van der Waals surface area contributed by atoms with Crippen molar-refractivity contribution in [3.63, 3.8) is 0 Å². The van der Waals surface area contributed by atoms with E-state index in [2.05, 4.69) is 15.5 Å². The van der Waals surface area contributed by atoms with Crippen molar-refractivity contribution in [2.24, 2.45) is 0 Å². The second-order valence-electron chi connectivity index (χ2n) is 6.64. The number of halogens is 2. The molecule has 3 aromatic rings. The summed E-state index contributed by atoms with van der Waals surface area (Å²) in [6.45, 7) is 2.03. The van der Waals surface area contributed by atoms with Gasteiger partial charge in [0.05, 0.1) is 11.8 Å². The lowest BCUT2D eigenvalue weighted by Gasteiger charge is -2.20. The molecule has 1 amide bonds. The lowest BCUT2D eigenvalue weighted by atomic mass is 10.2. The van der Waals surface area contributed by atoms with Crippen molar-refractivity contribution in [2.75, 3.05) is 25.2 Å². The number of hydrogen-bond donors (Lipinski definition) is 1. The van der Waals surface area contributed by atoms with Crippen LogP contribution >= 0.6 is 23.4 Å². The van der Waals surface area contributed by atoms with Crippen LogP contribution < -0.4 is 5.32 Å². The summed E-state index contributed by atoms with van der Waals surface area (Å²) in [6, 6.07) is 13.2. The van der Waals surface area contributed by atoms with E-state index in [0.717, 1.165) is 11.5 Å². The zero-order chi connectivity index (χ0) is 21.0. The van der Waals surface area contributed by atoms with Crippen LogP contribution in [0.1, 0.15) is 18.8 Å². The van der Waals surface area contributed by atoms with E-state index in [1.807, 2.05) is 42.6 Å². The summed E-state index contributed by atoms with van der Waals surface area (Å²) in [6.07, 6.45) is 0. The molecule has 152 valence electrons. The summed E-state index contributed by atoms with van der Waals surface area (Å²) in [4.78, 5) is 14.3. The average Bonchev–Trinajstić information content (AvgIpc) is 3.10. The Labute approximate surface area is 178 Å². The van der Waals surface area contributed by atoms with Crippen molar-refractivity contribution >= 4 is 35.0 Å². The monoisotopic (exact) mass is 433 g/mol. The number of rotatable bonds is 7. The summed E-state index contributed by atoms with van der Waals surface area (Å²) in [5.41, 5.74) is 1.27. The predicted molar refractivity (Wildman–Crippen MR) is 114 cm³/mol. The van der Waals surface area contributed by atoms with Gasteiger partial charge in [0.25, 0.3) is 0 Å². The van der Waals surface area contributed by atoms with Crippen molar-refractivity contribution < 1.29 is 9.18 Å². The molecule has 3 rings (SSSR count). The van der Waals surface area contributed by atoms with E-state index in [9.17, 15) is 9.18 Å². The minimum atomic E-state index is -0.403. The fourth-order valence-electron chi connectivity index (χ4n) is 2.60. The Morgan fingerprint density at radius 2 is 1.97 bits per heavy atom. The van der Waals surface area contributed by atoms with Gasteiger partial charge >= 0.3 is 0 Å². The van der Waals surface area contributed by atoms with Gasteiger partial charge in [0.15, 0.2) is 11.0 Å². The largest absolute Gasteiger partial charge is 0.325 e. The second kappa shape index (κ2) is 9.39. The first-order chi connectivity index (χ1) is 13.8. The standard InChI is InChI=1S/C20H21ClFN5OS/c1-13(26(2)3)19-24-25-20(27(19)17-9-7-14(21)8-10-17)29-12-18(28)23-16-6-4-5-15(22)11-16/h4-11,13H,12H2,1-3H3,(H,23,28)/t13-/m1/s1. The van der Waals surface area contributed by atoms with Crippen LogP contribution in [0.15, 0.2) is 53.7 Å². The van der Waals surface area contributed by atoms with Gasteiger partial charge in [0.1, 0.15) is 5.82 Å². The summed E-state index contributed by atoms with van der Waals surface area (Å²) in [7, 11) is 3.93. The topological polar surface area (TPSA) is 63.1 Å². The number of nitrogens with one attached hydrogen (secondary N) is 1. The third kappa shape index (κ3) is 5.35. The van der Waals surface area contributed by atoms with Gasteiger partial charge < -0.3 is 5.32 Å². The maximum Gasteiger partial charge on any atom is 0.234 e. The second-order valence-corrected chi connectivity index (χ2v) is 8.02. The zero-order valence-corrected chi connectivity index (χ0v) is 17.8. The third-order valence-corrected chi connectivity index (χ3v) is 5.51. The Morgan fingerprint density at radius 3 is 2.62 bits per heavy atom. The molecule has 0 aliphatic rings. The van der Waals surface area contributed by atoms with E-state index in [-0.39, 0.29) is 17.7 Å². The highest BCUT2D eigenvalue weighted by Crippen LogP contribution is 2.27. The molecule has 29 heavy (non-hydrogen) atoms. The number of nitrogens with zero attached hydrogens (tertiary/aromatic N) is 4. The Hall–Kier alpha value is -2.42. The SMILES string of the molecule is C[C@H](c1nnc(SCC(=O)Nc2cccc(F)c2)n1-c1ccc(Cl)cc1)N(C)C. The Bertz CT molecular complexity index is 993. The molecule has 1 N–H and O–H groups in total. The zero-order valence-electron chi connectivity index (χ0n) is 16.3. The Morgan fingerprint density at radius 1 is 1.24 bits per heavy atom. The molecule has 0 aliphatic carbocycles. The highest BCUT2D eigenvalue weighted by molar-refractivity contribution is 7.99. The van der Waals surface area contributed by atoms with Gasteiger partial charge in [-0.1, -0.05) is 29.4 Å². The molecule has 1 atom stereocenters. The van der Waals surface area contributed by atoms with Crippen LogP contribution in [0.25, 0.3) is 5.69 Å². The molecule has 0 unspecified atom stereocenters. The van der Waals surface area contributed by atoms with E-state index in [0.29, 0.717) is 15.9 Å². The van der Waals surface area contributed by atoms with Gasteiger partial charge in [0.2, 0.25) is 5.91 Å². The number of aromatic nitrogens is 3. The molecule has 0 saturated carbocycles. The van der Waals surface area contributed by atoms with E-state index >= 15 is 0 Å². The maximum absolute atomic E-state index is 13.3. The first kappa shape index (κ1) is 21.3. The normalized spacial score (nSPS) is 12.2. The van der Waals surface area contributed by atoms with Crippen LogP contribution in [-0.2, 0) is 4.79 Å². The van der Waals surface area contributed by atoms with Crippen molar-refractivity contribution in [2.45, 2.75) is 18.1 Å². The molecule has 2 aromatic carbocycles. The van der Waals surface area contributed by atoms with Gasteiger partial charge in [-0.25, -0.2) is 4.39 Å². The van der Waals surface area contributed by atoms with Crippen molar-refractivity contribution in [1.29, 1.82) is 0 Å². The van der Waals surface area contributed by atoms with Gasteiger partial charge in [-0.3, -0.25) is 14.3 Å². The number of benzene rings is 2. The molecule has 6 nitrogen and oxygen atoms in total. The van der Waals surface area contributed by atoms with Crippen molar-refractivity contribution in [1.82, 2.24) is 19.7 Å². The molecule has 0 fully saturated rings. The molecule has 0 radical (unpaired) electrons. The molecule has 1 heterocycles. The molecule has 0 spiro atoms. The van der Waals surface area contributed by atoms with Crippen molar-refractivity contribution in [3.8, 4) is 5.69 Å². The number of carbonyl (C=O) groups excluding carboxylic acids is 1. The van der Waals surface area contributed by atoms with Crippen molar-refractivity contribution in [3.05, 3.63) is 65.2 Å². The van der Waals surface area contributed by atoms with Gasteiger partial charge in [-0.05, 0) is 63.5 Å². The molecular weight excluding hydrogens is 413 g/mol. The molecule has 0 aliphatic heterocycles. The maximum atomic E-state index is 13.3. The number of hydrogen-bond acceptors (Lipinski definition) is 5. The van der Waals surface area contributed by atoms with E-state index < -0.39 is 5.82 Å². The number of amides is 1. The Kier molecular flexibility index (Phi) is 6.89. The minimum Gasteiger partial charge on any atom is -0.325 e. The van der Waals surface area contributed by atoms with Crippen LogP contribution in [0, 0.1) is 5.82 Å². The molecule has 1 aromatic heterocycles. The lowest BCUT2D eigenvalue weighted by Crippen LogP contribution is -2.21. The van der Waals surface area contributed by atoms with Gasteiger partial charge in [0, 0.05) is 16.4 Å². The highest BCUT2D eigenvalue weighted by atomic mass is 35.5. The van der Waals surface area contributed by atoms with Crippen LogP contribution in [0.3, 0.4) is 0 Å². The minimum absolute atomic E-state index is 0.00801. The van der Waals surface area contributed by atoms with Crippen LogP contribution in [0.5, 0.6) is 0 Å². The van der Waals surface area contributed by atoms with Crippen LogP contribution in [0.2, 0.25) is 5.02 Å². The van der Waals surface area contributed by atoms with E-state index in [4.69, 9.17) is 11.6 Å². The van der Waals surface area contributed by atoms with Crippen LogP contribution in [0.4, 0.5) is 10.1 Å². The summed E-state index contributed by atoms with van der Waals surface area (Å²) in [5, 5.41) is 12.5. The average molecular weight is 434 g/mol. The van der Waals surface area contributed by atoms with E-state index in [1.54, 1.807) is 24.3 Å². The smallest absolute Gasteiger partial charge is 0.234 e. The lowest BCUT2D eigenvalue weighted by molar-refractivity contribution is -0.113. The molecular formula is C20H21ClFN5OS. The number of thioether (sulfide) groups is 1. The summed E-state index contributed by atoms with van der Waals surface area (Å²) in [5.74, 6) is 0.206. The molecule has 9 heteroatoms. The third-order valence-electron chi connectivity index (χ3n) is 4.33. The first-order valence-corrected chi connectivity index (χ1v) is 10.3. The number of carbonyl (C=O) groups is 1. The highest BCUT2D eigenvalue weighted by Gasteiger charge is 2.21. The van der Waals surface area contributed by atoms with Gasteiger partial charge in [-0.2, -0.15) is 0 Å². The number of anilines is 1. The molecule has 0 saturated heterocycles. The van der Waals surface area contributed by atoms with E-state index in [1.165, 1.54) is 23.9 Å². The van der Waals surface area contributed by atoms with Gasteiger partial charge in [-0.15, -0.1) is 10.2 Å². The summed E-state index contributed by atoms with van der Waals surface area (Å²) < 4.78 is 15.2. The summed E-state index contributed by atoms with van der Waals surface area (Å²) >= 11 is 7.28. The fourth-order valence-corrected chi connectivity index (χ4v) is 3.49. The quantitative estimate of drug-likeness (QED) is 0.559. The predicted octanol–water partition coefficient (Wildman–Crippen LogP) is 4.41. The Balaban J connectivity index is 1.81. The first-order valence-electron chi connectivity index (χ1n) is 8.91.